The molecule has 0 aliphatic carbocycles. The molecule has 25 heavy (non-hydrogen) atoms. The zero-order valence-corrected chi connectivity index (χ0v) is 14.1. The van der Waals surface area contributed by atoms with Crippen LogP contribution in [0.4, 0.5) is 4.39 Å². The predicted octanol–water partition coefficient (Wildman–Crippen LogP) is 2.87. The maximum Gasteiger partial charge on any atom is 0.272 e. The highest BCUT2D eigenvalue weighted by molar-refractivity contribution is 5.99. The van der Waals surface area contributed by atoms with Crippen LogP contribution in [-0.2, 0) is 4.79 Å². The summed E-state index contributed by atoms with van der Waals surface area (Å²) in [5.41, 5.74) is 6.78. The molecule has 0 spiro atoms. The molecular weight excluding hydrogens is 323 g/mol. The summed E-state index contributed by atoms with van der Waals surface area (Å²) in [6.07, 6.45) is -0.0623. The third-order valence-corrected chi connectivity index (χ3v) is 3.84. The second-order valence-electron chi connectivity index (χ2n) is 5.70. The first-order valence-corrected chi connectivity index (χ1v) is 7.82. The maximum absolute atomic E-state index is 13.4. The van der Waals surface area contributed by atoms with Gasteiger partial charge in [0, 0.05) is 18.4 Å². The van der Waals surface area contributed by atoms with E-state index in [1.807, 2.05) is 19.9 Å². The van der Waals surface area contributed by atoms with Gasteiger partial charge >= 0.3 is 0 Å². The second kappa shape index (κ2) is 8.19. The van der Waals surface area contributed by atoms with E-state index >= 15 is 0 Å². The number of hydrogen-bond acceptors (Lipinski definition) is 3. The number of carbonyl (C=O) groups excluding carboxylic acids is 3. The molecule has 0 radical (unpaired) electrons. The lowest BCUT2D eigenvalue weighted by atomic mass is 10.0. The Morgan fingerprint density at radius 1 is 0.920 bits per heavy atom. The van der Waals surface area contributed by atoms with Crippen molar-refractivity contribution in [1.29, 1.82) is 0 Å². The van der Waals surface area contributed by atoms with Crippen molar-refractivity contribution in [3.8, 4) is 0 Å². The van der Waals surface area contributed by atoms with Gasteiger partial charge in [-0.15, -0.1) is 0 Å². The van der Waals surface area contributed by atoms with Crippen LogP contribution in [0.5, 0.6) is 0 Å². The van der Waals surface area contributed by atoms with E-state index in [-0.39, 0.29) is 24.2 Å². The van der Waals surface area contributed by atoms with Gasteiger partial charge in [-0.2, -0.15) is 0 Å². The molecule has 0 heterocycles. The molecule has 0 bridgehead atoms. The van der Waals surface area contributed by atoms with Gasteiger partial charge in [-0.25, -0.2) is 4.39 Å². The van der Waals surface area contributed by atoms with Gasteiger partial charge in [-0.05, 0) is 43.2 Å². The molecule has 0 aliphatic rings. The molecule has 2 rings (SSSR count). The average molecular weight is 342 g/mol. The molecule has 0 aromatic heterocycles. The Morgan fingerprint density at radius 2 is 1.64 bits per heavy atom. The van der Waals surface area contributed by atoms with E-state index in [2.05, 4.69) is 10.9 Å². The van der Waals surface area contributed by atoms with E-state index in [0.717, 1.165) is 17.2 Å². The van der Waals surface area contributed by atoms with E-state index in [9.17, 15) is 18.8 Å². The molecule has 5 nitrogen and oxygen atoms in total. The van der Waals surface area contributed by atoms with E-state index in [1.54, 1.807) is 12.1 Å². The highest BCUT2D eigenvalue weighted by Crippen LogP contribution is 2.12. The van der Waals surface area contributed by atoms with Crippen molar-refractivity contribution in [2.75, 3.05) is 0 Å². The summed E-state index contributed by atoms with van der Waals surface area (Å²) in [5, 5.41) is 0. The number of aryl methyl sites for hydroxylation is 2. The monoisotopic (exact) mass is 342 g/mol. The summed E-state index contributed by atoms with van der Waals surface area (Å²) in [5.74, 6) is -2.12. The number of hydrazine groups is 1. The summed E-state index contributed by atoms with van der Waals surface area (Å²) in [4.78, 5) is 35.6. The van der Waals surface area contributed by atoms with Gasteiger partial charge < -0.3 is 0 Å². The largest absolute Gasteiger partial charge is 0.294 e. The molecule has 6 heteroatoms. The number of nitrogens with one attached hydrogen (secondary N) is 2. The van der Waals surface area contributed by atoms with Crippen LogP contribution in [-0.4, -0.2) is 17.6 Å². The number of carbonyl (C=O) groups is 3. The van der Waals surface area contributed by atoms with Gasteiger partial charge in [0.1, 0.15) is 5.82 Å². The van der Waals surface area contributed by atoms with Crippen LogP contribution < -0.4 is 10.9 Å². The van der Waals surface area contributed by atoms with E-state index in [4.69, 9.17) is 0 Å². The molecular formula is C19H19FN2O3. The van der Waals surface area contributed by atoms with Crippen molar-refractivity contribution < 1.29 is 18.8 Å². The number of halogens is 1. The van der Waals surface area contributed by atoms with Gasteiger partial charge in [0.25, 0.3) is 5.91 Å². The minimum absolute atomic E-state index is 0.0178. The number of benzene rings is 2. The van der Waals surface area contributed by atoms with Crippen LogP contribution in [0.3, 0.4) is 0 Å². The van der Waals surface area contributed by atoms with Crippen LogP contribution in [0.15, 0.2) is 42.5 Å². The Bertz CT molecular complexity index is 818. The Balaban J connectivity index is 1.82. The lowest BCUT2D eigenvalue weighted by Gasteiger charge is -2.08. The number of Topliss-reactive ketones (excluding diaryl/α,β-unsaturated/α-hetero) is 1. The third kappa shape index (κ3) is 4.97. The van der Waals surface area contributed by atoms with Crippen molar-refractivity contribution in [1.82, 2.24) is 10.9 Å². The van der Waals surface area contributed by atoms with E-state index in [0.29, 0.717) is 5.56 Å². The molecule has 0 atom stereocenters. The first-order chi connectivity index (χ1) is 11.9. The number of rotatable bonds is 5. The quantitative estimate of drug-likeness (QED) is 0.648. The van der Waals surface area contributed by atoms with Gasteiger partial charge in [-0.3, -0.25) is 25.2 Å². The topological polar surface area (TPSA) is 75.3 Å². The molecule has 130 valence electrons. The molecule has 2 aromatic rings. The summed E-state index contributed by atoms with van der Waals surface area (Å²) in [6.45, 7) is 3.87. The van der Waals surface area contributed by atoms with Crippen molar-refractivity contribution >= 4 is 17.6 Å². The van der Waals surface area contributed by atoms with Gasteiger partial charge in [-0.1, -0.05) is 24.3 Å². The predicted molar refractivity (Wildman–Crippen MR) is 91.5 cm³/mol. The molecule has 0 unspecified atom stereocenters. The summed E-state index contributed by atoms with van der Waals surface area (Å²) in [6, 6.07) is 10.8. The molecule has 0 fully saturated rings. The fraction of sp³-hybridized carbons (Fsp3) is 0.211. The van der Waals surface area contributed by atoms with Crippen LogP contribution >= 0.6 is 0 Å². The van der Waals surface area contributed by atoms with Crippen LogP contribution in [0, 0.1) is 19.7 Å². The van der Waals surface area contributed by atoms with Crippen molar-refractivity contribution in [2.24, 2.45) is 0 Å². The van der Waals surface area contributed by atoms with Crippen LogP contribution in [0.25, 0.3) is 0 Å². The minimum atomic E-state index is -0.757. The summed E-state index contributed by atoms with van der Waals surface area (Å²) < 4.78 is 13.4. The molecule has 2 amide bonds. The van der Waals surface area contributed by atoms with Gasteiger partial charge in [0.2, 0.25) is 5.91 Å². The second-order valence-corrected chi connectivity index (χ2v) is 5.70. The highest BCUT2D eigenvalue weighted by atomic mass is 19.1. The molecule has 0 saturated carbocycles. The Kier molecular flexibility index (Phi) is 6.00. The van der Waals surface area contributed by atoms with Gasteiger partial charge in [0.05, 0.1) is 5.56 Å². The fourth-order valence-electron chi connectivity index (χ4n) is 2.19. The lowest BCUT2D eigenvalue weighted by molar-refractivity contribution is -0.121. The smallest absolute Gasteiger partial charge is 0.272 e. The van der Waals surface area contributed by atoms with Crippen LogP contribution in [0.2, 0.25) is 0 Å². The Morgan fingerprint density at radius 3 is 2.32 bits per heavy atom. The average Bonchev–Trinajstić information content (AvgIpc) is 2.60. The zero-order chi connectivity index (χ0) is 18.4. The van der Waals surface area contributed by atoms with Crippen molar-refractivity contribution in [2.45, 2.75) is 26.7 Å². The number of ketones is 1. The molecule has 2 aromatic carbocycles. The first kappa shape index (κ1) is 18.3. The third-order valence-electron chi connectivity index (χ3n) is 3.84. The molecule has 2 N–H and O–H groups in total. The van der Waals surface area contributed by atoms with E-state index in [1.165, 1.54) is 18.2 Å². The maximum atomic E-state index is 13.4. The molecule has 0 aliphatic heterocycles. The van der Waals surface area contributed by atoms with Gasteiger partial charge in [0.15, 0.2) is 5.78 Å². The first-order valence-electron chi connectivity index (χ1n) is 7.82. The Labute approximate surface area is 145 Å². The fourth-order valence-corrected chi connectivity index (χ4v) is 2.19. The molecule has 0 saturated heterocycles. The van der Waals surface area contributed by atoms with Crippen molar-refractivity contribution in [3.05, 3.63) is 70.5 Å². The highest BCUT2D eigenvalue weighted by Gasteiger charge is 2.13. The zero-order valence-electron chi connectivity index (χ0n) is 14.1. The number of hydrogen-bond donors (Lipinski definition) is 2. The Hall–Kier alpha value is -3.02. The summed E-state index contributed by atoms with van der Waals surface area (Å²) >= 11 is 0. The van der Waals surface area contributed by atoms with Crippen LogP contribution in [0.1, 0.15) is 44.7 Å². The summed E-state index contributed by atoms with van der Waals surface area (Å²) in [7, 11) is 0. The number of amides is 2. The SMILES string of the molecule is Cc1ccc(C(=O)CCC(=O)NNC(=O)c2ccccc2F)cc1C. The minimum Gasteiger partial charge on any atom is -0.294 e. The standard InChI is InChI=1S/C19H19FN2O3/c1-12-7-8-14(11-13(12)2)17(23)9-10-18(24)21-22-19(25)15-5-3-4-6-16(15)20/h3-8,11H,9-10H2,1-2H3,(H,21,24)(H,22,25). The van der Waals surface area contributed by atoms with Crippen molar-refractivity contribution in [3.63, 3.8) is 0 Å². The lowest BCUT2D eigenvalue weighted by Crippen LogP contribution is -2.42. The normalized spacial score (nSPS) is 10.2. The van der Waals surface area contributed by atoms with E-state index < -0.39 is 17.6 Å².